The van der Waals surface area contributed by atoms with Gasteiger partial charge in [0.15, 0.2) is 0 Å². The zero-order valence-electron chi connectivity index (χ0n) is 7.53. The van der Waals surface area contributed by atoms with Crippen LogP contribution in [0.5, 0.6) is 0 Å². The second-order valence-electron chi connectivity index (χ2n) is 4.05. The Kier molecular flexibility index (Phi) is 2.30. The molecule has 0 saturated heterocycles. The molecule has 1 unspecified atom stereocenters. The van der Waals surface area contributed by atoms with Crippen LogP contribution in [0.2, 0.25) is 0 Å². The van der Waals surface area contributed by atoms with Crippen molar-refractivity contribution in [3.8, 4) is 0 Å². The van der Waals surface area contributed by atoms with Crippen molar-refractivity contribution in [2.75, 3.05) is 0 Å². The maximum atomic E-state index is 11.8. The van der Waals surface area contributed by atoms with Gasteiger partial charge in [0.2, 0.25) is 0 Å². The van der Waals surface area contributed by atoms with Crippen LogP contribution in [0.4, 0.5) is 13.2 Å². The number of amides is 1. The first-order chi connectivity index (χ1) is 5.73. The third-order valence-electron chi connectivity index (χ3n) is 2.58. The Hall–Kier alpha value is -0.740. The fourth-order valence-electron chi connectivity index (χ4n) is 1.37. The lowest BCUT2D eigenvalue weighted by Gasteiger charge is -2.44. The van der Waals surface area contributed by atoms with Crippen molar-refractivity contribution in [3.63, 3.8) is 0 Å². The maximum Gasteiger partial charge on any atom is 0.471 e. The van der Waals surface area contributed by atoms with E-state index in [1.807, 2.05) is 19.2 Å². The summed E-state index contributed by atoms with van der Waals surface area (Å²) < 4.78 is 35.4. The predicted molar refractivity (Wildman–Crippen MR) is 41.0 cm³/mol. The zero-order chi connectivity index (χ0) is 10.3. The van der Waals surface area contributed by atoms with Crippen LogP contribution in [0.15, 0.2) is 0 Å². The van der Waals surface area contributed by atoms with Gasteiger partial charge in [-0.15, -0.1) is 0 Å². The molecule has 1 fully saturated rings. The van der Waals surface area contributed by atoms with Crippen LogP contribution in [0.25, 0.3) is 0 Å². The highest BCUT2D eigenvalue weighted by atomic mass is 19.4. The average Bonchev–Trinajstić information content (AvgIpc) is 1.96. The fourth-order valence-corrected chi connectivity index (χ4v) is 1.37. The quantitative estimate of drug-likeness (QED) is 0.679. The van der Waals surface area contributed by atoms with E-state index in [4.69, 9.17) is 0 Å². The standard InChI is InChI=1S/C8H12F3NO/c1-7(2)4-3-5(7)12-6(13)8(9,10)11/h5H,3-4H2,1-2H3,(H,12,13). The first kappa shape index (κ1) is 10.3. The number of hydrogen-bond acceptors (Lipinski definition) is 1. The minimum Gasteiger partial charge on any atom is -0.345 e. The van der Waals surface area contributed by atoms with Gasteiger partial charge in [0.1, 0.15) is 0 Å². The number of halogens is 3. The van der Waals surface area contributed by atoms with E-state index in [0.29, 0.717) is 6.42 Å². The van der Waals surface area contributed by atoms with Gasteiger partial charge >= 0.3 is 12.1 Å². The van der Waals surface area contributed by atoms with Gasteiger partial charge in [0.05, 0.1) is 0 Å². The van der Waals surface area contributed by atoms with E-state index in [9.17, 15) is 18.0 Å². The largest absolute Gasteiger partial charge is 0.471 e. The summed E-state index contributed by atoms with van der Waals surface area (Å²) in [4.78, 5) is 10.5. The lowest BCUT2D eigenvalue weighted by atomic mass is 9.67. The van der Waals surface area contributed by atoms with Crippen LogP contribution in [-0.2, 0) is 4.79 Å². The zero-order valence-corrected chi connectivity index (χ0v) is 7.53. The Morgan fingerprint density at radius 3 is 2.23 bits per heavy atom. The molecule has 0 bridgehead atoms. The molecule has 1 rings (SSSR count). The predicted octanol–water partition coefficient (Wildman–Crippen LogP) is 1.85. The molecule has 0 heterocycles. The first-order valence-corrected chi connectivity index (χ1v) is 4.11. The molecule has 1 amide bonds. The van der Waals surface area contributed by atoms with Gasteiger partial charge in [0.25, 0.3) is 0 Å². The Morgan fingerprint density at radius 2 is 2.00 bits per heavy atom. The monoisotopic (exact) mass is 195 g/mol. The van der Waals surface area contributed by atoms with Gasteiger partial charge < -0.3 is 5.32 Å². The van der Waals surface area contributed by atoms with Crippen molar-refractivity contribution in [1.29, 1.82) is 0 Å². The Bertz CT molecular complexity index is 222. The molecule has 76 valence electrons. The minimum absolute atomic E-state index is 0.194. The highest BCUT2D eigenvalue weighted by Crippen LogP contribution is 2.40. The third-order valence-corrected chi connectivity index (χ3v) is 2.58. The molecule has 0 aromatic carbocycles. The molecule has 2 nitrogen and oxygen atoms in total. The molecule has 1 aliphatic carbocycles. The molecule has 0 aromatic heterocycles. The Morgan fingerprint density at radius 1 is 1.46 bits per heavy atom. The lowest BCUT2D eigenvalue weighted by Crippen LogP contribution is -2.55. The summed E-state index contributed by atoms with van der Waals surface area (Å²) in [6.45, 7) is 3.69. The summed E-state index contributed by atoms with van der Waals surface area (Å²) in [6.07, 6.45) is -3.27. The summed E-state index contributed by atoms with van der Waals surface area (Å²) in [7, 11) is 0. The van der Waals surface area contributed by atoms with Crippen molar-refractivity contribution in [2.24, 2.45) is 5.41 Å². The molecular weight excluding hydrogens is 183 g/mol. The molecule has 13 heavy (non-hydrogen) atoms. The van der Waals surface area contributed by atoms with Crippen molar-refractivity contribution < 1.29 is 18.0 Å². The molecule has 1 N–H and O–H groups in total. The van der Waals surface area contributed by atoms with E-state index in [1.165, 1.54) is 0 Å². The van der Waals surface area contributed by atoms with Crippen LogP contribution in [0.1, 0.15) is 26.7 Å². The van der Waals surface area contributed by atoms with Gasteiger partial charge in [-0.05, 0) is 18.3 Å². The second kappa shape index (κ2) is 2.89. The van der Waals surface area contributed by atoms with Crippen molar-refractivity contribution in [2.45, 2.75) is 38.9 Å². The second-order valence-corrected chi connectivity index (χ2v) is 4.05. The average molecular weight is 195 g/mol. The van der Waals surface area contributed by atoms with Crippen molar-refractivity contribution in [3.05, 3.63) is 0 Å². The van der Waals surface area contributed by atoms with Crippen LogP contribution >= 0.6 is 0 Å². The van der Waals surface area contributed by atoms with E-state index in [2.05, 4.69) is 0 Å². The smallest absolute Gasteiger partial charge is 0.345 e. The first-order valence-electron chi connectivity index (χ1n) is 4.11. The van der Waals surface area contributed by atoms with Gasteiger partial charge in [-0.1, -0.05) is 13.8 Å². The van der Waals surface area contributed by atoms with Gasteiger partial charge in [-0.25, -0.2) is 0 Å². The molecular formula is C8H12F3NO. The number of alkyl halides is 3. The molecule has 5 heteroatoms. The molecule has 1 saturated carbocycles. The number of hydrogen-bond donors (Lipinski definition) is 1. The summed E-state index contributed by atoms with van der Waals surface area (Å²) in [5.74, 6) is -1.83. The van der Waals surface area contributed by atoms with Crippen LogP contribution in [-0.4, -0.2) is 18.1 Å². The topological polar surface area (TPSA) is 29.1 Å². The highest BCUT2D eigenvalue weighted by molar-refractivity contribution is 5.82. The van der Waals surface area contributed by atoms with Crippen LogP contribution in [0, 0.1) is 5.41 Å². The van der Waals surface area contributed by atoms with Crippen LogP contribution < -0.4 is 5.32 Å². The van der Waals surface area contributed by atoms with E-state index in [-0.39, 0.29) is 11.5 Å². The van der Waals surface area contributed by atoms with Crippen molar-refractivity contribution >= 4 is 5.91 Å². The maximum absolute atomic E-state index is 11.8. The van der Waals surface area contributed by atoms with E-state index < -0.39 is 12.1 Å². The van der Waals surface area contributed by atoms with Crippen molar-refractivity contribution in [1.82, 2.24) is 5.32 Å². The minimum atomic E-state index is -4.76. The molecule has 1 aliphatic rings. The summed E-state index contributed by atoms with van der Waals surface area (Å²) >= 11 is 0. The summed E-state index contributed by atoms with van der Waals surface area (Å²) in [5.41, 5.74) is -0.194. The number of carbonyl (C=O) groups excluding carboxylic acids is 1. The van der Waals surface area contributed by atoms with E-state index in [0.717, 1.165) is 6.42 Å². The lowest BCUT2D eigenvalue weighted by molar-refractivity contribution is -0.176. The van der Waals surface area contributed by atoms with Gasteiger partial charge in [0, 0.05) is 6.04 Å². The van der Waals surface area contributed by atoms with Gasteiger partial charge in [-0.3, -0.25) is 4.79 Å². The van der Waals surface area contributed by atoms with E-state index in [1.54, 1.807) is 0 Å². The molecule has 0 aromatic rings. The van der Waals surface area contributed by atoms with E-state index >= 15 is 0 Å². The van der Waals surface area contributed by atoms with Gasteiger partial charge in [-0.2, -0.15) is 13.2 Å². The van der Waals surface area contributed by atoms with Crippen LogP contribution in [0.3, 0.4) is 0 Å². The number of carbonyl (C=O) groups is 1. The molecule has 0 spiro atoms. The molecule has 0 aliphatic heterocycles. The summed E-state index contributed by atoms with van der Waals surface area (Å²) in [5, 5.41) is 1.98. The normalized spacial score (nSPS) is 26.4. The highest BCUT2D eigenvalue weighted by Gasteiger charge is 2.45. The Labute approximate surface area is 74.5 Å². The molecule has 1 atom stereocenters. The number of rotatable bonds is 1. The SMILES string of the molecule is CC1(C)CCC1NC(=O)C(F)(F)F. The fraction of sp³-hybridized carbons (Fsp3) is 0.875. The Balaban J connectivity index is 2.47. The molecule has 0 radical (unpaired) electrons. The summed E-state index contributed by atoms with van der Waals surface area (Å²) in [6, 6.07) is -0.332. The third kappa shape index (κ3) is 2.14. The number of nitrogens with one attached hydrogen (secondary N) is 1.